The second-order valence-electron chi connectivity index (χ2n) is 5.70. The first-order valence-electron chi connectivity index (χ1n) is 7.26. The molecule has 0 bridgehead atoms. The second-order valence-corrected chi connectivity index (χ2v) is 5.70. The summed E-state index contributed by atoms with van der Waals surface area (Å²) in [6.45, 7) is 3.96. The predicted molar refractivity (Wildman–Crippen MR) is 81.6 cm³/mol. The van der Waals surface area contributed by atoms with Gasteiger partial charge in [0.1, 0.15) is 0 Å². The van der Waals surface area contributed by atoms with E-state index in [9.17, 15) is 10.1 Å². The fourth-order valence-corrected chi connectivity index (χ4v) is 2.73. The molecule has 1 fully saturated rings. The lowest BCUT2D eigenvalue weighted by Gasteiger charge is -2.35. The van der Waals surface area contributed by atoms with Crippen molar-refractivity contribution in [3.63, 3.8) is 0 Å². The molecule has 1 aromatic carbocycles. The Bertz CT molecular complexity index is 507. The van der Waals surface area contributed by atoms with Crippen LogP contribution in [0, 0.1) is 10.1 Å². The van der Waals surface area contributed by atoms with E-state index in [2.05, 4.69) is 24.2 Å². The molecule has 1 saturated heterocycles. The lowest BCUT2D eigenvalue weighted by Crippen LogP contribution is -2.45. The predicted octanol–water partition coefficient (Wildman–Crippen LogP) is 2.18. The van der Waals surface area contributed by atoms with Gasteiger partial charge < -0.3 is 15.0 Å². The smallest absolute Gasteiger partial charge is 0.311 e. The minimum Gasteiger partial charge on any atom is -0.490 e. The molecule has 0 amide bonds. The molecule has 1 heterocycles. The van der Waals surface area contributed by atoms with Gasteiger partial charge in [-0.15, -0.1) is 0 Å². The maximum Gasteiger partial charge on any atom is 0.311 e. The van der Waals surface area contributed by atoms with Crippen molar-refractivity contribution < 1.29 is 9.66 Å². The van der Waals surface area contributed by atoms with E-state index in [0.717, 1.165) is 24.9 Å². The van der Waals surface area contributed by atoms with Gasteiger partial charge in [0.15, 0.2) is 5.75 Å². The molecule has 0 aliphatic carbocycles. The van der Waals surface area contributed by atoms with E-state index in [1.807, 2.05) is 6.07 Å². The van der Waals surface area contributed by atoms with Crippen LogP contribution in [-0.4, -0.2) is 42.6 Å². The van der Waals surface area contributed by atoms with Crippen molar-refractivity contribution in [3.8, 4) is 5.75 Å². The summed E-state index contributed by atoms with van der Waals surface area (Å²) in [6.07, 6.45) is 2.22. The molecule has 6 nitrogen and oxygen atoms in total. The number of hydrogen-bond donors (Lipinski definition) is 1. The summed E-state index contributed by atoms with van der Waals surface area (Å²) in [6, 6.07) is 6.16. The Hall–Kier alpha value is -1.66. The molecule has 0 spiro atoms. The van der Waals surface area contributed by atoms with Crippen LogP contribution >= 0.6 is 0 Å². The van der Waals surface area contributed by atoms with E-state index >= 15 is 0 Å². The number of nitrogens with one attached hydrogen (secondary N) is 1. The van der Waals surface area contributed by atoms with Crippen LogP contribution in [0.2, 0.25) is 0 Å². The van der Waals surface area contributed by atoms with Gasteiger partial charge in [0.25, 0.3) is 0 Å². The number of methoxy groups -OCH3 is 1. The summed E-state index contributed by atoms with van der Waals surface area (Å²) in [5, 5.41) is 14.5. The van der Waals surface area contributed by atoms with E-state index in [-0.39, 0.29) is 5.69 Å². The lowest BCUT2D eigenvalue weighted by atomic mass is 9.98. The normalized spacial score (nSPS) is 23.0. The molecular formula is C15H23N3O3. The van der Waals surface area contributed by atoms with Crippen molar-refractivity contribution in [2.75, 3.05) is 20.7 Å². The Labute approximate surface area is 125 Å². The molecule has 0 radical (unpaired) electrons. The molecule has 1 aliphatic heterocycles. The first-order chi connectivity index (χ1) is 10.0. The highest BCUT2D eigenvalue weighted by Gasteiger charge is 2.22. The molecule has 0 aromatic heterocycles. The van der Waals surface area contributed by atoms with Crippen LogP contribution in [0.4, 0.5) is 5.69 Å². The van der Waals surface area contributed by atoms with Gasteiger partial charge in [0.05, 0.1) is 12.0 Å². The van der Waals surface area contributed by atoms with Crippen molar-refractivity contribution in [2.24, 2.45) is 0 Å². The minimum atomic E-state index is -0.403. The average Bonchev–Trinajstić information content (AvgIpc) is 2.48. The Morgan fingerprint density at radius 2 is 2.29 bits per heavy atom. The first kappa shape index (κ1) is 15.7. The number of ether oxygens (including phenoxy) is 1. The van der Waals surface area contributed by atoms with Crippen LogP contribution in [0.1, 0.15) is 25.3 Å². The number of piperidine rings is 1. The standard InChI is InChI=1S/C15H23N3O3/c1-11-8-13(6-7-17(11)2)16-10-12-4-5-15(21-3)14(9-12)18(19)20/h4-5,9,11,13,16H,6-8,10H2,1-3H3. The summed E-state index contributed by atoms with van der Waals surface area (Å²) in [4.78, 5) is 13.0. The molecule has 0 saturated carbocycles. The molecule has 1 N–H and O–H groups in total. The van der Waals surface area contributed by atoms with E-state index in [1.54, 1.807) is 12.1 Å². The van der Waals surface area contributed by atoms with Crippen LogP contribution in [0.25, 0.3) is 0 Å². The maximum absolute atomic E-state index is 11.0. The lowest BCUT2D eigenvalue weighted by molar-refractivity contribution is -0.385. The van der Waals surface area contributed by atoms with Gasteiger partial charge >= 0.3 is 5.69 Å². The molecule has 2 unspecified atom stereocenters. The van der Waals surface area contributed by atoms with Crippen molar-refractivity contribution >= 4 is 5.69 Å². The van der Waals surface area contributed by atoms with Gasteiger partial charge in [-0.1, -0.05) is 6.07 Å². The second kappa shape index (κ2) is 6.87. The van der Waals surface area contributed by atoms with Crippen molar-refractivity contribution in [3.05, 3.63) is 33.9 Å². The summed E-state index contributed by atoms with van der Waals surface area (Å²) in [5.41, 5.74) is 0.933. The highest BCUT2D eigenvalue weighted by molar-refractivity contribution is 5.48. The number of hydrogen-bond acceptors (Lipinski definition) is 5. The zero-order valence-electron chi connectivity index (χ0n) is 12.8. The molecule has 116 valence electrons. The van der Waals surface area contributed by atoms with E-state index in [1.165, 1.54) is 7.11 Å². The Morgan fingerprint density at radius 1 is 1.52 bits per heavy atom. The fraction of sp³-hybridized carbons (Fsp3) is 0.600. The molecule has 1 aliphatic rings. The average molecular weight is 293 g/mol. The minimum absolute atomic E-state index is 0.0218. The van der Waals surface area contributed by atoms with Crippen LogP contribution in [0.3, 0.4) is 0 Å². The molecule has 21 heavy (non-hydrogen) atoms. The third-order valence-corrected chi connectivity index (χ3v) is 4.24. The van der Waals surface area contributed by atoms with Crippen molar-refractivity contribution in [1.29, 1.82) is 0 Å². The number of nitrogens with zero attached hydrogens (tertiary/aromatic N) is 2. The topological polar surface area (TPSA) is 67.6 Å². The van der Waals surface area contributed by atoms with Gasteiger partial charge in [0.2, 0.25) is 0 Å². The highest BCUT2D eigenvalue weighted by atomic mass is 16.6. The van der Waals surface area contributed by atoms with Crippen LogP contribution in [-0.2, 0) is 6.54 Å². The molecule has 2 rings (SSSR count). The number of rotatable bonds is 5. The molecule has 2 atom stereocenters. The summed E-state index contributed by atoms with van der Waals surface area (Å²) in [7, 11) is 3.59. The van der Waals surface area contributed by atoms with Crippen LogP contribution < -0.4 is 10.1 Å². The number of nitro benzene ring substituents is 1. The largest absolute Gasteiger partial charge is 0.490 e. The van der Waals surface area contributed by atoms with Gasteiger partial charge in [0, 0.05) is 24.7 Å². The third kappa shape index (κ3) is 3.92. The summed E-state index contributed by atoms with van der Waals surface area (Å²) >= 11 is 0. The van der Waals surface area contributed by atoms with Gasteiger partial charge in [-0.05, 0) is 45.0 Å². The van der Waals surface area contributed by atoms with Crippen LogP contribution in [0.15, 0.2) is 18.2 Å². The quantitative estimate of drug-likeness (QED) is 0.665. The third-order valence-electron chi connectivity index (χ3n) is 4.24. The van der Waals surface area contributed by atoms with Gasteiger partial charge in [-0.3, -0.25) is 10.1 Å². The van der Waals surface area contributed by atoms with E-state index in [0.29, 0.717) is 24.4 Å². The zero-order chi connectivity index (χ0) is 15.4. The number of likely N-dealkylation sites (tertiary alicyclic amines) is 1. The Kier molecular flexibility index (Phi) is 5.14. The fourth-order valence-electron chi connectivity index (χ4n) is 2.73. The van der Waals surface area contributed by atoms with Gasteiger partial charge in [-0.2, -0.15) is 0 Å². The zero-order valence-corrected chi connectivity index (χ0v) is 12.8. The number of benzene rings is 1. The Morgan fingerprint density at radius 3 is 2.90 bits per heavy atom. The van der Waals surface area contributed by atoms with Crippen LogP contribution in [0.5, 0.6) is 5.75 Å². The van der Waals surface area contributed by atoms with Gasteiger partial charge in [-0.25, -0.2) is 0 Å². The Balaban J connectivity index is 1.97. The van der Waals surface area contributed by atoms with Crippen molar-refractivity contribution in [2.45, 2.75) is 38.4 Å². The monoisotopic (exact) mass is 293 g/mol. The first-order valence-corrected chi connectivity index (χ1v) is 7.26. The molecule has 6 heteroatoms. The van der Waals surface area contributed by atoms with E-state index in [4.69, 9.17) is 4.74 Å². The highest BCUT2D eigenvalue weighted by Crippen LogP contribution is 2.27. The summed E-state index contributed by atoms with van der Waals surface area (Å²) < 4.78 is 5.01. The summed E-state index contributed by atoms with van der Waals surface area (Å²) in [5.74, 6) is 0.302. The van der Waals surface area contributed by atoms with Crippen molar-refractivity contribution in [1.82, 2.24) is 10.2 Å². The maximum atomic E-state index is 11.0. The molecular weight excluding hydrogens is 270 g/mol. The van der Waals surface area contributed by atoms with E-state index < -0.39 is 4.92 Å². The number of nitro groups is 1. The SMILES string of the molecule is COc1ccc(CNC2CCN(C)C(C)C2)cc1[N+](=O)[O-]. The molecule has 1 aromatic rings.